The van der Waals surface area contributed by atoms with Crippen LogP contribution in [0.3, 0.4) is 0 Å². The van der Waals surface area contributed by atoms with Crippen LogP contribution in [0.15, 0.2) is 0 Å². The lowest BCUT2D eigenvalue weighted by Crippen LogP contribution is -2.35. The van der Waals surface area contributed by atoms with Gasteiger partial charge in [-0.15, -0.1) is 0 Å². The highest BCUT2D eigenvalue weighted by Crippen LogP contribution is 2.31. The van der Waals surface area contributed by atoms with E-state index < -0.39 is 5.97 Å². The Balaban J connectivity index is 2.37. The Morgan fingerprint density at radius 3 is 2.64 bits per heavy atom. The monoisotopic (exact) mass is 199 g/mol. The molecule has 3 heteroatoms. The van der Waals surface area contributed by atoms with E-state index in [0.29, 0.717) is 24.4 Å². The molecular weight excluding hydrogens is 178 g/mol. The number of rotatable bonds is 4. The number of hydrogen-bond acceptors (Lipinski definition) is 2. The summed E-state index contributed by atoms with van der Waals surface area (Å²) in [4.78, 5) is 12.9. The van der Waals surface area contributed by atoms with Crippen LogP contribution in [0, 0.1) is 5.92 Å². The van der Waals surface area contributed by atoms with Gasteiger partial charge in [0.1, 0.15) is 0 Å². The maximum absolute atomic E-state index is 10.6. The Labute approximate surface area is 86.1 Å². The molecule has 0 amide bonds. The summed E-state index contributed by atoms with van der Waals surface area (Å²) in [5.74, 6) is -0.249. The summed E-state index contributed by atoms with van der Waals surface area (Å²) in [5, 5.41) is 8.69. The smallest absolute Gasteiger partial charge is 0.303 e. The molecule has 1 rings (SSSR count). The minimum absolute atomic E-state index is 0.350. The van der Waals surface area contributed by atoms with Crippen molar-refractivity contribution in [1.82, 2.24) is 4.90 Å². The van der Waals surface area contributed by atoms with Crippen molar-refractivity contribution in [3.63, 3.8) is 0 Å². The Morgan fingerprint density at radius 1 is 1.50 bits per heavy atom. The fourth-order valence-corrected chi connectivity index (χ4v) is 2.27. The Bertz CT molecular complexity index is 203. The van der Waals surface area contributed by atoms with Crippen LogP contribution in [0.4, 0.5) is 0 Å². The van der Waals surface area contributed by atoms with Crippen molar-refractivity contribution in [1.29, 1.82) is 0 Å². The first-order valence-corrected chi connectivity index (χ1v) is 5.44. The molecule has 0 aromatic rings. The topological polar surface area (TPSA) is 40.5 Å². The predicted molar refractivity (Wildman–Crippen MR) is 56.3 cm³/mol. The average Bonchev–Trinajstić information content (AvgIpc) is 2.50. The van der Waals surface area contributed by atoms with Gasteiger partial charge in [-0.2, -0.15) is 0 Å². The zero-order valence-electron chi connectivity index (χ0n) is 9.36. The van der Waals surface area contributed by atoms with Crippen molar-refractivity contribution < 1.29 is 9.90 Å². The first kappa shape index (κ1) is 11.5. The van der Waals surface area contributed by atoms with Crippen molar-refractivity contribution >= 4 is 5.97 Å². The second-order valence-corrected chi connectivity index (χ2v) is 4.69. The van der Waals surface area contributed by atoms with Crippen LogP contribution >= 0.6 is 0 Å². The SMILES string of the molecule is CC(C)N(C)C1CCC(CC(=O)O)C1. The summed E-state index contributed by atoms with van der Waals surface area (Å²) >= 11 is 0. The fourth-order valence-electron chi connectivity index (χ4n) is 2.27. The number of nitrogens with zero attached hydrogens (tertiary/aromatic N) is 1. The molecule has 0 aliphatic heterocycles. The normalized spacial score (nSPS) is 27.5. The lowest BCUT2D eigenvalue weighted by atomic mass is 10.0. The third-order valence-corrected chi connectivity index (χ3v) is 3.37. The lowest BCUT2D eigenvalue weighted by molar-refractivity contribution is -0.138. The highest BCUT2D eigenvalue weighted by molar-refractivity contribution is 5.67. The molecule has 0 spiro atoms. The molecule has 0 heterocycles. The van der Waals surface area contributed by atoms with Crippen LogP contribution in [0.5, 0.6) is 0 Å². The van der Waals surface area contributed by atoms with Gasteiger partial charge in [0.05, 0.1) is 0 Å². The minimum atomic E-state index is -0.650. The zero-order valence-corrected chi connectivity index (χ0v) is 9.36. The van der Waals surface area contributed by atoms with Crippen LogP contribution in [0.1, 0.15) is 39.5 Å². The molecule has 1 N–H and O–H groups in total. The highest BCUT2D eigenvalue weighted by Gasteiger charge is 2.29. The van der Waals surface area contributed by atoms with Crippen LogP contribution in [0.2, 0.25) is 0 Å². The van der Waals surface area contributed by atoms with Gasteiger partial charge in [0.25, 0.3) is 0 Å². The van der Waals surface area contributed by atoms with Crippen molar-refractivity contribution in [3.05, 3.63) is 0 Å². The van der Waals surface area contributed by atoms with E-state index in [1.807, 2.05) is 0 Å². The van der Waals surface area contributed by atoms with Crippen LogP contribution in [-0.2, 0) is 4.79 Å². The summed E-state index contributed by atoms with van der Waals surface area (Å²) in [6.07, 6.45) is 3.64. The molecule has 3 nitrogen and oxygen atoms in total. The molecule has 14 heavy (non-hydrogen) atoms. The first-order valence-electron chi connectivity index (χ1n) is 5.44. The molecule has 1 saturated carbocycles. The largest absolute Gasteiger partial charge is 0.481 e. The van der Waals surface area contributed by atoms with Crippen LogP contribution in [0.25, 0.3) is 0 Å². The Hall–Kier alpha value is -0.570. The molecular formula is C11H21NO2. The number of hydrogen-bond donors (Lipinski definition) is 1. The molecule has 0 aromatic carbocycles. The van der Waals surface area contributed by atoms with Gasteiger partial charge in [-0.05, 0) is 46.1 Å². The second-order valence-electron chi connectivity index (χ2n) is 4.69. The zero-order chi connectivity index (χ0) is 10.7. The summed E-state index contributed by atoms with van der Waals surface area (Å²) in [7, 11) is 2.14. The third kappa shape index (κ3) is 2.98. The van der Waals surface area contributed by atoms with Crippen LogP contribution < -0.4 is 0 Å². The molecule has 0 bridgehead atoms. The van der Waals surface area contributed by atoms with Gasteiger partial charge < -0.3 is 10.0 Å². The summed E-state index contributed by atoms with van der Waals surface area (Å²) in [6.45, 7) is 4.37. The number of carboxylic acids is 1. The third-order valence-electron chi connectivity index (χ3n) is 3.37. The van der Waals surface area contributed by atoms with E-state index in [4.69, 9.17) is 5.11 Å². The first-order chi connectivity index (χ1) is 6.50. The van der Waals surface area contributed by atoms with Gasteiger partial charge in [0.2, 0.25) is 0 Å². The summed E-state index contributed by atoms with van der Waals surface area (Å²) in [5.41, 5.74) is 0. The number of aliphatic carboxylic acids is 1. The van der Waals surface area contributed by atoms with Gasteiger partial charge in [-0.1, -0.05) is 0 Å². The highest BCUT2D eigenvalue weighted by atomic mass is 16.4. The Kier molecular flexibility index (Phi) is 3.93. The molecule has 0 aromatic heterocycles. The predicted octanol–water partition coefficient (Wildman–Crippen LogP) is 1.97. The van der Waals surface area contributed by atoms with Crippen molar-refractivity contribution in [2.75, 3.05) is 7.05 Å². The fraction of sp³-hybridized carbons (Fsp3) is 0.909. The van der Waals surface area contributed by atoms with E-state index in [9.17, 15) is 4.79 Å². The van der Waals surface area contributed by atoms with E-state index in [2.05, 4.69) is 25.8 Å². The van der Waals surface area contributed by atoms with E-state index in [-0.39, 0.29) is 0 Å². The molecule has 0 saturated heterocycles. The van der Waals surface area contributed by atoms with Gasteiger partial charge in [-0.25, -0.2) is 0 Å². The maximum Gasteiger partial charge on any atom is 0.303 e. The standard InChI is InChI=1S/C11H21NO2/c1-8(2)12(3)10-5-4-9(6-10)7-11(13)14/h8-10H,4-7H2,1-3H3,(H,13,14). The van der Waals surface area contributed by atoms with Gasteiger partial charge >= 0.3 is 5.97 Å². The molecule has 1 aliphatic rings. The number of carboxylic acid groups (broad SMARTS) is 1. The summed E-state index contributed by atoms with van der Waals surface area (Å²) < 4.78 is 0. The van der Waals surface area contributed by atoms with E-state index in [0.717, 1.165) is 19.3 Å². The van der Waals surface area contributed by atoms with E-state index in [1.54, 1.807) is 0 Å². The van der Waals surface area contributed by atoms with E-state index >= 15 is 0 Å². The minimum Gasteiger partial charge on any atom is -0.481 e. The maximum atomic E-state index is 10.6. The van der Waals surface area contributed by atoms with E-state index in [1.165, 1.54) is 0 Å². The second kappa shape index (κ2) is 4.78. The quantitative estimate of drug-likeness (QED) is 0.752. The molecule has 2 unspecified atom stereocenters. The Morgan fingerprint density at radius 2 is 2.14 bits per heavy atom. The average molecular weight is 199 g/mol. The lowest BCUT2D eigenvalue weighted by Gasteiger charge is -2.28. The molecule has 1 aliphatic carbocycles. The molecule has 2 atom stereocenters. The number of carbonyl (C=O) groups is 1. The van der Waals surface area contributed by atoms with Gasteiger partial charge in [0, 0.05) is 18.5 Å². The van der Waals surface area contributed by atoms with Gasteiger partial charge in [0.15, 0.2) is 0 Å². The molecule has 0 radical (unpaired) electrons. The van der Waals surface area contributed by atoms with Crippen molar-refractivity contribution in [2.45, 2.75) is 51.6 Å². The van der Waals surface area contributed by atoms with Crippen LogP contribution in [-0.4, -0.2) is 35.1 Å². The summed E-state index contributed by atoms with van der Waals surface area (Å²) in [6, 6.07) is 1.16. The van der Waals surface area contributed by atoms with Gasteiger partial charge in [-0.3, -0.25) is 4.79 Å². The van der Waals surface area contributed by atoms with Crippen molar-refractivity contribution in [2.24, 2.45) is 5.92 Å². The van der Waals surface area contributed by atoms with Crippen molar-refractivity contribution in [3.8, 4) is 0 Å². The molecule has 82 valence electrons. The molecule has 1 fully saturated rings.